The molecule has 0 radical (unpaired) electrons. The van der Waals surface area contributed by atoms with Crippen molar-refractivity contribution >= 4 is 27.5 Å². The van der Waals surface area contributed by atoms with Gasteiger partial charge in [0.2, 0.25) is 11.8 Å². The Kier molecular flexibility index (Phi) is 6.32. The lowest BCUT2D eigenvalue weighted by molar-refractivity contribution is -0.138. The van der Waals surface area contributed by atoms with Crippen LogP contribution < -0.4 is 4.90 Å². The Balaban J connectivity index is 1.47. The Morgan fingerprint density at radius 2 is 1.65 bits per heavy atom. The molecular formula is C23H24F3N3O4S. The van der Waals surface area contributed by atoms with E-state index >= 15 is 0 Å². The molecule has 0 spiro atoms. The van der Waals surface area contributed by atoms with Gasteiger partial charge in [0.1, 0.15) is 6.04 Å². The van der Waals surface area contributed by atoms with E-state index in [0.29, 0.717) is 23.1 Å². The summed E-state index contributed by atoms with van der Waals surface area (Å²) in [6.45, 7) is 2.80. The van der Waals surface area contributed by atoms with Gasteiger partial charge in [0.05, 0.1) is 10.5 Å². The van der Waals surface area contributed by atoms with Crippen LogP contribution in [0.25, 0.3) is 0 Å². The normalized spacial score (nSPS) is 19.6. The molecule has 2 aliphatic rings. The second kappa shape index (κ2) is 8.94. The Hall–Kier alpha value is -3.08. The van der Waals surface area contributed by atoms with Crippen molar-refractivity contribution in [1.29, 1.82) is 0 Å². The SMILES string of the molecule is Cc1ccc(S(=O)(=O)N2C(=O)CCC2C(=O)N2CCN(c3cccc(C(F)(F)F)c3)CC2)cc1. The van der Waals surface area contributed by atoms with Gasteiger partial charge in [-0.2, -0.15) is 13.2 Å². The van der Waals surface area contributed by atoms with Crippen LogP contribution in [0.4, 0.5) is 18.9 Å². The topological polar surface area (TPSA) is 78.0 Å². The molecule has 182 valence electrons. The molecule has 2 heterocycles. The number of hydrogen-bond donors (Lipinski definition) is 0. The van der Waals surface area contributed by atoms with Crippen molar-refractivity contribution < 1.29 is 31.2 Å². The third-order valence-corrected chi connectivity index (χ3v) is 8.00. The van der Waals surface area contributed by atoms with Crippen molar-refractivity contribution in [2.45, 2.75) is 36.9 Å². The first-order chi connectivity index (χ1) is 16.0. The van der Waals surface area contributed by atoms with Gasteiger partial charge in [0.15, 0.2) is 0 Å². The van der Waals surface area contributed by atoms with Gasteiger partial charge in [0, 0.05) is 38.3 Å². The number of hydrogen-bond acceptors (Lipinski definition) is 5. The summed E-state index contributed by atoms with van der Waals surface area (Å²) in [7, 11) is -4.19. The minimum absolute atomic E-state index is 0.0499. The minimum Gasteiger partial charge on any atom is -0.368 e. The van der Waals surface area contributed by atoms with E-state index < -0.39 is 39.6 Å². The minimum atomic E-state index is -4.45. The van der Waals surface area contributed by atoms with Gasteiger partial charge >= 0.3 is 6.18 Å². The molecule has 2 fully saturated rings. The highest BCUT2D eigenvalue weighted by Crippen LogP contribution is 2.32. The van der Waals surface area contributed by atoms with E-state index in [0.717, 1.165) is 17.7 Å². The second-order valence-electron chi connectivity index (χ2n) is 8.42. The van der Waals surface area contributed by atoms with E-state index in [1.807, 2.05) is 6.92 Å². The van der Waals surface area contributed by atoms with Crippen LogP contribution in [0.3, 0.4) is 0 Å². The summed E-state index contributed by atoms with van der Waals surface area (Å²) in [6.07, 6.45) is -4.41. The van der Waals surface area contributed by atoms with Crippen molar-refractivity contribution in [3.63, 3.8) is 0 Å². The summed E-state index contributed by atoms with van der Waals surface area (Å²) < 4.78 is 66.1. The summed E-state index contributed by atoms with van der Waals surface area (Å²) in [4.78, 5) is 28.9. The van der Waals surface area contributed by atoms with E-state index in [2.05, 4.69) is 0 Å². The average molecular weight is 496 g/mol. The zero-order chi connectivity index (χ0) is 24.7. The van der Waals surface area contributed by atoms with E-state index in [9.17, 15) is 31.2 Å². The third-order valence-electron chi connectivity index (χ3n) is 6.15. The Morgan fingerprint density at radius 3 is 2.26 bits per heavy atom. The smallest absolute Gasteiger partial charge is 0.368 e. The highest BCUT2D eigenvalue weighted by Gasteiger charge is 2.46. The molecule has 1 unspecified atom stereocenters. The van der Waals surface area contributed by atoms with Crippen molar-refractivity contribution in [3.8, 4) is 0 Å². The summed E-state index contributed by atoms with van der Waals surface area (Å²) in [5.74, 6) is -1.09. The van der Waals surface area contributed by atoms with Crippen LogP contribution in [0.5, 0.6) is 0 Å². The fourth-order valence-corrected chi connectivity index (χ4v) is 5.88. The Morgan fingerprint density at radius 1 is 1.00 bits per heavy atom. The quantitative estimate of drug-likeness (QED) is 0.652. The molecule has 1 atom stereocenters. The number of nitrogens with zero attached hydrogens (tertiary/aromatic N) is 3. The molecular weight excluding hydrogens is 471 g/mol. The number of piperazine rings is 1. The zero-order valence-electron chi connectivity index (χ0n) is 18.5. The summed E-state index contributed by atoms with van der Waals surface area (Å²) >= 11 is 0. The molecule has 0 aliphatic carbocycles. The fourth-order valence-electron chi connectivity index (χ4n) is 4.29. The maximum absolute atomic E-state index is 13.2. The van der Waals surface area contributed by atoms with E-state index in [4.69, 9.17) is 0 Å². The van der Waals surface area contributed by atoms with Gasteiger partial charge in [-0.25, -0.2) is 12.7 Å². The number of carbonyl (C=O) groups excluding carboxylic acids is 2. The maximum atomic E-state index is 13.2. The molecule has 7 nitrogen and oxygen atoms in total. The first kappa shape index (κ1) is 24.1. The molecule has 0 aromatic heterocycles. The lowest BCUT2D eigenvalue weighted by atomic mass is 10.1. The van der Waals surface area contributed by atoms with Gasteiger partial charge in [-0.15, -0.1) is 0 Å². The Bertz CT molecular complexity index is 1190. The number of alkyl halides is 3. The lowest BCUT2D eigenvalue weighted by Gasteiger charge is -2.38. The van der Waals surface area contributed by atoms with Gasteiger partial charge < -0.3 is 9.80 Å². The monoisotopic (exact) mass is 495 g/mol. The molecule has 0 saturated carbocycles. The summed E-state index contributed by atoms with van der Waals surface area (Å²) in [5, 5.41) is 0. The van der Waals surface area contributed by atoms with Crippen LogP contribution in [0.15, 0.2) is 53.4 Å². The number of rotatable bonds is 4. The van der Waals surface area contributed by atoms with Crippen LogP contribution >= 0.6 is 0 Å². The van der Waals surface area contributed by atoms with Crippen LogP contribution in [0.2, 0.25) is 0 Å². The van der Waals surface area contributed by atoms with Crippen molar-refractivity contribution in [3.05, 3.63) is 59.7 Å². The number of halogens is 3. The average Bonchev–Trinajstić information content (AvgIpc) is 3.21. The molecule has 2 saturated heterocycles. The highest BCUT2D eigenvalue weighted by molar-refractivity contribution is 7.89. The van der Waals surface area contributed by atoms with Gasteiger partial charge in [-0.3, -0.25) is 9.59 Å². The molecule has 2 aliphatic heterocycles. The zero-order valence-corrected chi connectivity index (χ0v) is 19.3. The number of amides is 2. The number of benzene rings is 2. The predicted molar refractivity (Wildman–Crippen MR) is 118 cm³/mol. The number of carbonyl (C=O) groups is 2. The van der Waals surface area contributed by atoms with Crippen molar-refractivity contribution in [1.82, 2.24) is 9.21 Å². The van der Waals surface area contributed by atoms with E-state index in [-0.39, 0.29) is 30.8 Å². The number of sulfonamides is 1. The van der Waals surface area contributed by atoms with Gasteiger partial charge in [0.25, 0.3) is 10.0 Å². The molecule has 2 aromatic rings. The van der Waals surface area contributed by atoms with E-state index in [1.54, 1.807) is 23.1 Å². The van der Waals surface area contributed by atoms with E-state index in [1.165, 1.54) is 23.1 Å². The lowest BCUT2D eigenvalue weighted by Crippen LogP contribution is -2.55. The number of anilines is 1. The summed E-state index contributed by atoms with van der Waals surface area (Å²) in [6, 6.07) is 9.93. The van der Waals surface area contributed by atoms with Crippen LogP contribution in [0.1, 0.15) is 24.0 Å². The van der Waals surface area contributed by atoms with Gasteiger partial charge in [-0.1, -0.05) is 23.8 Å². The van der Waals surface area contributed by atoms with Crippen LogP contribution in [-0.2, 0) is 25.8 Å². The largest absolute Gasteiger partial charge is 0.416 e. The van der Waals surface area contributed by atoms with Crippen LogP contribution in [0, 0.1) is 6.92 Å². The molecule has 2 aromatic carbocycles. The molecule has 2 amide bonds. The third kappa shape index (κ3) is 4.61. The first-order valence-electron chi connectivity index (χ1n) is 10.8. The van der Waals surface area contributed by atoms with Crippen molar-refractivity contribution in [2.75, 3.05) is 31.1 Å². The fraction of sp³-hybridized carbons (Fsp3) is 0.391. The molecule has 34 heavy (non-hydrogen) atoms. The maximum Gasteiger partial charge on any atom is 0.416 e. The second-order valence-corrected chi connectivity index (χ2v) is 10.2. The first-order valence-corrected chi connectivity index (χ1v) is 12.3. The Labute approximate surface area is 195 Å². The summed E-state index contributed by atoms with van der Waals surface area (Å²) in [5.41, 5.74) is 0.518. The molecule has 0 bridgehead atoms. The van der Waals surface area contributed by atoms with Gasteiger partial charge in [-0.05, 0) is 43.7 Å². The highest BCUT2D eigenvalue weighted by atomic mass is 32.2. The van der Waals surface area contributed by atoms with Crippen LogP contribution in [-0.4, -0.2) is 61.7 Å². The number of aryl methyl sites for hydroxylation is 1. The standard InChI is InChI=1S/C23H24F3N3O4S/c1-16-5-7-19(8-6-16)34(32,33)29-20(9-10-21(29)30)22(31)28-13-11-27(12-14-28)18-4-2-3-17(15-18)23(24,25)26/h2-8,15,20H,9-14H2,1H3. The molecule has 4 rings (SSSR count). The van der Waals surface area contributed by atoms with Crippen molar-refractivity contribution in [2.24, 2.45) is 0 Å². The molecule has 0 N–H and O–H groups in total. The predicted octanol–water partition coefficient (Wildman–Crippen LogP) is 3.04. The molecule has 11 heteroatoms.